The van der Waals surface area contributed by atoms with E-state index in [2.05, 4.69) is 36.3 Å². The maximum absolute atomic E-state index is 5.40. The van der Waals surface area contributed by atoms with Gasteiger partial charge in [-0.15, -0.1) is 0 Å². The van der Waals surface area contributed by atoms with E-state index in [0.29, 0.717) is 6.04 Å². The summed E-state index contributed by atoms with van der Waals surface area (Å²) >= 11 is 0. The first-order valence-corrected chi connectivity index (χ1v) is 7.34. The van der Waals surface area contributed by atoms with E-state index in [9.17, 15) is 0 Å². The van der Waals surface area contributed by atoms with Crippen molar-refractivity contribution in [1.82, 2.24) is 10.2 Å². The highest BCUT2D eigenvalue weighted by atomic mass is 16.5. The molecule has 0 aliphatic rings. The number of nitrogens with zero attached hydrogens (tertiary/aromatic N) is 1. The topological polar surface area (TPSA) is 33.7 Å². The second-order valence-corrected chi connectivity index (χ2v) is 4.84. The fourth-order valence-corrected chi connectivity index (χ4v) is 2.14. The molecular formula is C16H28N2O2. The molecule has 4 nitrogen and oxygen atoms in total. The standard InChI is InChI=1S/C16H28N2O2/c1-5-17-16(13-18(3)11-12-20-6-2)14-7-9-15(19-4)10-8-14/h7-10,16-17H,5-6,11-13H2,1-4H3. The second kappa shape index (κ2) is 9.75. The predicted octanol–water partition coefficient (Wildman–Crippen LogP) is 2.31. The molecule has 1 aromatic carbocycles. The van der Waals surface area contributed by atoms with E-state index in [4.69, 9.17) is 9.47 Å². The molecule has 20 heavy (non-hydrogen) atoms. The minimum atomic E-state index is 0.331. The van der Waals surface area contributed by atoms with Crippen molar-refractivity contribution >= 4 is 0 Å². The Morgan fingerprint density at radius 1 is 1.20 bits per heavy atom. The molecule has 0 aromatic heterocycles. The second-order valence-electron chi connectivity index (χ2n) is 4.84. The van der Waals surface area contributed by atoms with E-state index in [-0.39, 0.29) is 0 Å². The Bertz CT molecular complexity index is 354. The number of hydrogen-bond donors (Lipinski definition) is 1. The summed E-state index contributed by atoms with van der Waals surface area (Å²) in [6, 6.07) is 8.61. The number of likely N-dealkylation sites (N-methyl/N-ethyl adjacent to an activating group) is 2. The van der Waals surface area contributed by atoms with Crippen molar-refractivity contribution in [1.29, 1.82) is 0 Å². The van der Waals surface area contributed by atoms with Gasteiger partial charge >= 0.3 is 0 Å². The van der Waals surface area contributed by atoms with Crippen LogP contribution in [0.1, 0.15) is 25.5 Å². The molecule has 0 aliphatic carbocycles. The van der Waals surface area contributed by atoms with Crippen LogP contribution in [0.3, 0.4) is 0 Å². The molecular weight excluding hydrogens is 252 g/mol. The molecule has 0 radical (unpaired) electrons. The molecule has 0 aliphatic heterocycles. The fraction of sp³-hybridized carbons (Fsp3) is 0.625. The van der Waals surface area contributed by atoms with Crippen LogP contribution < -0.4 is 10.1 Å². The van der Waals surface area contributed by atoms with E-state index in [1.54, 1.807) is 7.11 Å². The highest BCUT2D eigenvalue weighted by Crippen LogP contribution is 2.18. The van der Waals surface area contributed by atoms with Gasteiger partial charge in [-0.1, -0.05) is 19.1 Å². The number of hydrogen-bond acceptors (Lipinski definition) is 4. The zero-order valence-electron chi connectivity index (χ0n) is 13.2. The minimum absolute atomic E-state index is 0.331. The summed E-state index contributed by atoms with van der Waals surface area (Å²) in [6.07, 6.45) is 0. The molecule has 1 unspecified atom stereocenters. The van der Waals surface area contributed by atoms with Crippen molar-refractivity contribution in [2.24, 2.45) is 0 Å². The van der Waals surface area contributed by atoms with Crippen molar-refractivity contribution in [3.05, 3.63) is 29.8 Å². The largest absolute Gasteiger partial charge is 0.497 e. The maximum atomic E-state index is 5.40. The molecule has 0 saturated heterocycles. The smallest absolute Gasteiger partial charge is 0.118 e. The van der Waals surface area contributed by atoms with Crippen molar-refractivity contribution in [2.45, 2.75) is 19.9 Å². The van der Waals surface area contributed by atoms with Crippen LogP contribution in [0.15, 0.2) is 24.3 Å². The van der Waals surface area contributed by atoms with Gasteiger partial charge < -0.3 is 19.7 Å². The average molecular weight is 280 g/mol. The molecule has 0 amide bonds. The summed E-state index contributed by atoms with van der Waals surface area (Å²) in [6.45, 7) is 8.60. The quantitative estimate of drug-likeness (QED) is 0.667. The van der Waals surface area contributed by atoms with Gasteiger partial charge in [-0.05, 0) is 38.2 Å². The lowest BCUT2D eigenvalue weighted by atomic mass is 10.1. The fourth-order valence-electron chi connectivity index (χ4n) is 2.14. The van der Waals surface area contributed by atoms with Gasteiger partial charge in [-0.25, -0.2) is 0 Å². The lowest BCUT2D eigenvalue weighted by Gasteiger charge is -2.25. The predicted molar refractivity (Wildman–Crippen MR) is 83.4 cm³/mol. The van der Waals surface area contributed by atoms with Crippen molar-refractivity contribution in [2.75, 3.05) is 47.0 Å². The first kappa shape index (κ1) is 17.0. The molecule has 0 spiro atoms. The minimum Gasteiger partial charge on any atom is -0.497 e. The van der Waals surface area contributed by atoms with Gasteiger partial charge in [0.1, 0.15) is 5.75 Å². The Balaban J connectivity index is 2.57. The van der Waals surface area contributed by atoms with E-state index in [1.807, 2.05) is 19.1 Å². The van der Waals surface area contributed by atoms with Crippen molar-refractivity contribution in [3.63, 3.8) is 0 Å². The normalized spacial score (nSPS) is 12.7. The Morgan fingerprint density at radius 3 is 2.45 bits per heavy atom. The van der Waals surface area contributed by atoms with Gasteiger partial charge in [-0.3, -0.25) is 0 Å². The summed E-state index contributed by atoms with van der Waals surface area (Å²) in [5.74, 6) is 0.897. The SMILES string of the molecule is CCNC(CN(C)CCOCC)c1ccc(OC)cc1. The first-order valence-electron chi connectivity index (χ1n) is 7.34. The zero-order valence-corrected chi connectivity index (χ0v) is 13.2. The lowest BCUT2D eigenvalue weighted by molar-refractivity contribution is 0.119. The summed E-state index contributed by atoms with van der Waals surface area (Å²) < 4.78 is 10.6. The summed E-state index contributed by atoms with van der Waals surface area (Å²) in [5, 5.41) is 3.53. The van der Waals surface area contributed by atoms with Gasteiger partial charge in [-0.2, -0.15) is 0 Å². The van der Waals surface area contributed by atoms with Crippen LogP contribution in [0.2, 0.25) is 0 Å². The Labute approximate surface area is 123 Å². The van der Waals surface area contributed by atoms with Gasteiger partial charge in [0.15, 0.2) is 0 Å². The number of benzene rings is 1. The van der Waals surface area contributed by atoms with Gasteiger partial charge in [0, 0.05) is 25.7 Å². The third kappa shape index (κ3) is 5.90. The highest BCUT2D eigenvalue weighted by Gasteiger charge is 2.13. The molecule has 114 valence electrons. The van der Waals surface area contributed by atoms with E-state index < -0.39 is 0 Å². The van der Waals surface area contributed by atoms with Crippen molar-refractivity contribution < 1.29 is 9.47 Å². The van der Waals surface area contributed by atoms with Gasteiger partial charge in [0.25, 0.3) is 0 Å². The van der Waals surface area contributed by atoms with Crippen LogP contribution in [0.4, 0.5) is 0 Å². The van der Waals surface area contributed by atoms with Crippen LogP contribution in [0, 0.1) is 0 Å². The highest BCUT2D eigenvalue weighted by molar-refractivity contribution is 5.29. The summed E-state index contributed by atoms with van der Waals surface area (Å²) in [5.41, 5.74) is 1.29. The molecule has 0 saturated carbocycles. The third-order valence-electron chi connectivity index (χ3n) is 3.28. The Hall–Kier alpha value is -1.10. The Kier molecular flexibility index (Phi) is 8.26. The van der Waals surface area contributed by atoms with Gasteiger partial charge in [0.05, 0.1) is 13.7 Å². The summed E-state index contributed by atoms with van der Waals surface area (Å²) in [4.78, 5) is 2.30. The van der Waals surface area contributed by atoms with E-state index in [0.717, 1.165) is 38.6 Å². The molecule has 1 rings (SSSR count). The van der Waals surface area contributed by atoms with Crippen LogP contribution in [0.5, 0.6) is 5.75 Å². The molecule has 1 aromatic rings. The maximum Gasteiger partial charge on any atom is 0.118 e. The van der Waals surface area contributed by atoms with Crippen molar-refractivity contribution in [3.8, 4) is 5.75 Å². The molecule has 0 heterocycles. The lowest BCUT2D eigenvalue weighted by Crippen LogP contribution is -2.34. The molecule has 0 bridgehead atoms. The average Bonchev–Trinajstić information content (AvgIpc) is 2.47. The van der Waals surface area contributed by atoms with E-state index in [1.165, 1.54) is 5.56 Å². The van der Waals surface area contributed by atoms with Crippen LogP contribution >= 0.6 is 0 Å². The first-order chi connectivity index (χ1) is 9.71. The van der Waals surface area contributed by atoms with E-state index >= 15 is 0 Å². The molecule has 1 N–H and O–H groups in total. The number of ether oxygens (including phenoxy) is 2. The van der Waals surface area contributed by atoms with Crippen LogP contribution in [-0.4, -0.2) is 51.9 Å². The zero-order chi connectivity index (χ0) is 14.8. The Morgan fingerprint density at radius 2 is 1.90 bits per heavy atom. The van der Waals surface area contributed by atoms with Crippen LogP contribution in [-0.2, 0) is 4.74 Å². The molecule has 4 heteroatoms. The monoisotopic (exact) mass is 280 g/mol. The number of rotatable bonds is 10. The molecule has 1 atom stereocenters. The number of methoxy groups -OCH3 is 1. The third-order valence-corrected chi connectivity index (χ3v) is 3.28. The number of nitrogens with one attached hydrogen (secondary N) is 1. The summed E-state index contributed by atoms with van der Waals surface area (Å²) in [7, 11) is 3.82. The molecule has 0 fully saturated rings. The van der Waals surface area contributed by atoms with Crippen LogP contribution in [0.25, 0.3) is 0 Å². The van der Waals surface area contributed by atoms with Gasteiger partial charge in [0.2, 0.25) is 0 Å².